The molecule has 3 aromatic rings. The minimum atomic E-state index is -3.31. The lowest BCUT2D eigenvalue weighted by atomic mass is 10.4. The Morgan fingerprint density at radius 3 is 2.45 bits per heavy atom. The summed E-state index contributed by atoms with van der Waals surface area (Å²) in [7, 11) is 0.597. The number of fused-ring (bicyclic) bond motifs is 2. The predicted octanol–water partition coefficient (Wildman–Crippen LogP) is 3.16. The summed E-state index contributed by atoms with van der Waals surface area (Å²) in [6.45, 7) is 8.08. The van der Waals surface area contributed by atoms with Crippen LogP contribution in [0.4, 0.5) is 5.82 Å². The third kappa shape index (κ3) is 4.95. The summed E-state index contributed by atoms with van der Waals surface area (Å²) in [5, 5.41) is 0. The molecular weight excluding hydrogens is 395 g/mol. The molecule has 0 fully saturated rings. The molecule has 11 heteroatoms. The quantitative estimate of drug-likeness (QED) is 0.362. The molecule has 160 valence electrons. The Bertz CT molecular complexity index is 999. The van der Waals surface area contributed by atoms with Crippen molar-refractivity contribution in [1.82, 2.24) is 23.9 Å². The number of rotatable bonds is 10. The van der Waals surface area contributed by atoms with Crippen LogP contribution in [0.5, 0.6) is 0 Å². The molecule has 0 amide bonds. The highest BCUT2D eigenvalue weighted by Gasteiger charge is 2.28. The van der Waals surface area contributed by atoms with Crippen molar-refractivity contribution in [3.8, 4) is 0 Å². The van der Waals surface area contributed by atoms with Crippen molar-refractivity contribution < 1.29 is 18.3 Å². The lowest BCUT2D eigenvalue weighted by molar-refractivity contribution is 0.0961. The molecule has 0 atom stereocenters. The van der Waals surface area contributed by atoms with E-state index in [1.165, 1.54) is 0 Å². The molecule has 0 aromatic carbocycles. The average molecular weight is 424 g/mol. The Labute approximate surface area is 170 Å². The second-order valence-electron chi connectivity index (χ2n) is 7.49. The van der Waals surface area contributed by atoms with Crippen LogP contribution >= 0.6 is 7.60 Å². The molecule has 3 aromatic heterocycles. The fourth-order valence-corrected chi connectivity index (χ4v) is 4.87. The first-order valence-electron chi connectivity index (χ1n) is 9.59. The molecule has 0 spiro atoms. The van der Waals surface area contributed by atoms with E-state index in [2.05, 4.69) is 15.0 Å². The Hall–Kier alpha value is -2.00. The smallest absolute Gasteiger partial charge is 0.356 e. The van der Waals surface area contributed by atoms with Gasteiger partial charge in [0.05, 0.1) is 25.1 Å². The van der Waals surface area contributed by atoms with Gasteiger partial charge in [-0.2, -0.15) is 4.98 Å². The van der Waals surface area contributed by atoms with E-state index in [9.17, 15) is 4.57 Å². The van der Waals surface area contributed by atoms with E-state index in [0.717, 1.165) is 17.0 Å². The van der Waals surface area contributed by atoms with E-state index in [1.807, 2.05) is 61.9 Å². The van der Waals surface area contributed by atoms with E-state index < -0.39 is 7.60 Å². The lowest BCUT2D eigenvalue weighted by Crippen LogP contribution is -2.15. The fraction of sp³-hybridized carbons (Fsp3) is 0.611. The van der Waals surface area contributed by atoms with Gasteiger partial charge in [0.25, 0.3) is 0 Å². The number of hydrogen-bond donors (Lipinski definition) is 0. The van der Waals surface area contributed by atoms with Crippen LogP contribution in [-0.2, 0) is 24.9 Å². The highest BCUT2D eigenvalue weighted by molar-refractivity contribution is 7.53. The number of hydrogen-bond acceptors (Lipinski definition) is 8. The third-order valence-corrected chi connectivity index (χ3v) is 5.95. The Balaban J connectivity index is 1.73. The normalized spacial score (nSPS) is 12.7. The predicted molar refractivity (Wildman–Crippen MR) is 111 cm³/mol. The lowest BCUT2D eigenvalue weighted by Gasteiger charge is -2.22. The largest absolute Gasteiger partial charge is 0.367 e. The summed E-state index contributed by atoms with van der Waals surface area (Å²) >= 11 is 0. The SMILES string of the molecule is CC(C)OP(=O)(COCCn1cnc2c(N(C)C)n3ccnc3nc21)OC(C)C. The minimum Gasteiger partial charge on any atom is -0.367 e. The first kappa shape index (κ1) is 21.7. The molecule has 0 unspecified atom stereocenters. The van der Waals surface area contributed by atoms with Gasteiger partial charge in [0.15, 0.2) is 5.65 Å². The van der Waals surface area contributed by atoms with Crippen molar-refractivity contribution in [3.63, 3.8) is 0 Å². The van der Waals surface area contributed by atoms with E-state index >= 15 is 0 Å². The maximum Gasteiger partial charge on any atom is 0.356 e. The highest BCUT2D eigenvalue weighted by atomic mass is 31.2. The van der Waals surface area contributed by atoms with Gasteiger partial charge >= 0.3 is 7.60 Å². The monoisotopic (exact) mass is 424 g/mol. The average Bonchev–Trinajstić information content (AvgIpc) is 3.21. The van der Waals surface area contributed by atoms with Crippen molar-refractivity contribution in [2.75, 3.05) is 32.0 Å². The van der Waals surface area contributed by atoms with Crippen LogP contribution in [-0.4, -0.2) is 63.2 Å². The van der Waals surface area contributed by atoms with Gasteiger partial charge in [0.1, 0.15) is 17.7 Å². The van der Waals surface area contributed by atoms with Crippen LogP contribution in [0.25, 0.3) is 16.9 Å². The number of aromatic nitrogens is 5. The van der Waals surface area contributed by atoms with Gasteiger partial charge in [-0.15, -0.1) is 0 Å². The zero-order valence-corrected chi connectivity index (χ0v) is 18.7. The van der Waals surface area contributed by atoms with Crippen molar-refractivity contribution in [3.05, 3.63) is 18.7 Å². The maximum absolute atomic E-state index is 12.8. The highest BCUT2D eigenvalue weighted by Crippen LogP contribution is 2.50. The summed E-state index contributed by atoms with van der Waals surface area (Å²) in [6, 6.07) is 0. The fourth-order valence-electron chi connectivity index (χ4n) is 3.06. The van der Waals surface area contributed by atoms with Gasteiger partial charge in [0, 0.05) is 33.0 Å². The number of nitrogens with zero attached hydrogens (tertiary/aromatic N) is 6. The summed E-state index contributed by atoms with van der Waals surface area (Å²) < 4.78 is 33.3. The van der Waals surface area contributed by atoms with Gasteiger partial charge in [-0.3, -0.25) is 8.97 Å². The summed E-state index contributed by atoms with van der Waals surface area (Å²) in [5.74, 6) is 1.51. The van der Waals surface area contributed by atoms with Crippen LogP contribution < -0.4 is 4.90 Å². The van der Waals surface area contributed by atoms with Gasteiger partial charge < -0.3 is 23.3 Å². The van der Waals surface area contributed by atoms with Crippen LogP contribution in [0.2, 0.25) is 0 Å². The molecule has 0 bridgehead atoms. The van der Waals surface area contributed by atoms with Crippen LogP contribution in [0, 0.1) is 0 Å². The molecular formula is C18H29N6O4P. The number of anilines is 1. The topological polar surface area (TPSA) is 96.0 Å². The molecule has 29 heavy (non-hydrogen) atoms. The van der Waals surface area contributed by atoms with Crippen LogP contribution in [0.3, 0.4) is 0 Å². The first-order valence-corrected chi connectivity index (χ1v) is 11.3. The van der Waals surface area contributed by atoms with Gasteiger partial charge in [0.2, 0.25) is 5.78 Å². The van der Waals surface area contributed by atoms with E-state index in [4.69, 9.17) is 13.8 Å². The second kappa shape index (κ2) is 8.79. The van der Waals surface area contributed by atoms with Crippen molar-refractivity contribution in [1.29, 1.82) is 0 Å². The Morgan fingerprint density at radius 1 is 1.14 bits per heavy atom. The number of ether oxygens (including phenoxy) is 1. The van der Waals surface area contributed by atoms with Gasteiger partial charge in [-0.1, -0.05) is 0 Å². The van der Waals surface area contributed by atoms with Crippen molar-refractivity contribution in [2.45, 2.75) is 46.4 Å². The van der Waals surface area contributed by atoms with Gasteiger partial charge in [-0.05, 0) is 27.7 Å². The van der Waals surface area contributed by atoms with Crippen molar-refractivity contribution >= 4 is 30.4 Å². The summed E-state index contributed by atoms with van der Waals surface area (Å²) in [6.07, 6.45) is 4.76. The third-order valence-electron chi connectivity index (χ3n) is 3.97. The Kier molecular flexibility index (Phi) is 6.58. The summed E-state index contributed by atoms with van der Waals surface area (Å²) in [5.41, 5.74) is 1.49. The maximum atomic E-state index is 12.8. The Morgan fingerprint density at radius 2 is 1.83 bits per heavy atom. The van der Waals surface area contributed by atoms with Crippen molar-refractivity contribution in [2.24, 2.45) is 0 Å². The zero-order valence-electron chi connectivity index (χ0n) is 17.8. The van der Waals surface area contributed by atoms with E-state index in [1.54, 1.807) is 12.5 Å². The molecule has 0 aliphatic carbocycles. The molecule has 0 radical (unpaired) electrons. The van der Waals surface area contributed by atoms with Crippen LogP contribution in [0.15, 0.2) is 18.7 Å². The molecule has 0 aliphatic rings. The molecule has 3 rings (SSSR count). The molecule has 0 N–H and O–H groups in total. The number of imidazole rings is 2. The molecule has 10 nitrogen and oxygen atoms in total. The summed E-state index contributed by atoms with van der Waals surface area (Å²) in [4.78, 5) is 15.4. The van der Waals surface area contributed by atoms with E-state index in [-0.39, 0.29) is 18.6 Å². The molecule has 3 heterocycles. The van der Waals surface area contributed by atoms with E-state index in [0.29, 0.717) is 18.9 Å². The first-order chi connectivity index (χ1) is 13.7. The molecule has 0 saturated heterocycles. The molecule has 0 aliphatic heterocycles. The van der Waals surface area contributed by atoms with Crippen LogP contribution in [0.1, 0.15) is 27.7 Å². The van der Waals surface area contributed by atoms with Gasteiger partial charge in [-0.25, -0.2) is 9.97 Å². The zero-order chi connectivity index (χ0) is 21.2. The second-order valence-corrected chi connectivity index (χ2v) is 9.40. The standard InChI is InChI=1S/C18H29N6O4P/c1-13(2)27-29(25,28-14(3)4)12-26-10-9-23-11-20-15-16(23)21-18-19-7-8-24(18)17(15)22(5)6/h7-8,11,13-14H,9-10,12H2,1-6H3. The molecule has 0 saturated carbocycles. The minimum absolute atomic E-state index is 0.100.